The van der Waals surface area contributed by atoms with Crippen LogP contribution in [0.5, 0.6) is 0 Å². The fourth-order valence-corrected chi connectivity index (χ4v) is 0.873. The highest BCUT2D eigenvalue weighted by Gasteiger charge is 2.19. The van der Waals surface area contributed by atoms with E-state index in [1.165, 1.54) is 19.4 Å². The Kier molecular flexibility index (Phi) is 4.89. The van der Waals surface area contributed by atoms with Crippen molar-refractivity contribution in [1.29, 1.82) is 0 Å². The second kappa shape index (κ2) is 5.18. The van der Waals surface area contributed by atoms with Crippen molar-refractivity contribution in [2.45, 2.75) is 47.4 Å². The van der Waals surface area contributed by atoms with Crippen LogP contribution in [0.25, 0.3) is 0 Å². The zero-order valence-electron chi connectivity index (χ0n) is 10.0. The molecule has 0 heterocycles. The molecule has 0 rings (SSSR count). The molecule has 0 aromatic rings. The van der Waals surface area contributed by atoms with Gasteiger partial charge in [0.05, 0.1) is 0 Å². The second-order valence-corrected chi connectivity index (χ2v) is 4.43. The summed E-state index contributed by atoms with van der Waals surface area (Å²) in [4.78, 5) is 0. The van der Waals surface area contributed by atoms with Crippen LogP contribution in [-0.2, 0) is 4.74 Å². The van der Waals surface area contributed by atoms with E-state index in [1.54, 1.807) is 0 Å². The van der Waals surface area contributed by atoms with Crippen molar-refractivity contribution in [2.75, 3.05) is 0 Å². The summed E-state index contributed by atoms with van der Waals surface area (Å²) in [5, 5.41) is 0. The number of ether oxygens (including phenoxy) is 1. The van der Waals surface area contributed by atoms with Crippen molar-refractivity contribution in [3.05, 3.63) is 23.5 Å². The molecule has 0 aliphatic rings. The minimum Gasteiger partial charge on any atom is -0.463 e. The van der Waals surface area contributed by atoms with Gasteiger partial charge < -0.3 is 4.74 Å². The van der Waals surface area contributed by atoms with Crippen LogP contribution in [0.3, 0.4) is 0 Å². The van der Waals surface area contributed by atoms with E-state index in [9.17, 15) is 4.39 Å². The molecule has 0 fully saturated rings. The zero-order valence-corrected chi connectivity index (χ0v) is 10.0. The van der Waals surface area contributed by atoms with E-state index < -0.39 is 5.85 Å². The van der Waals surface area contributed by atoms with Crippen LogP contribution in [-0.4, -0.2) is 5.85 Å². The summed E-state index contributed by atoms with van der Waals surface area (Å²) >= 11 is 0. The molecule has 0 aromatic heterocycles. The maximum atomic E-state index is 13.2. The van der Waals surface area contributed by atoms with Gasteiger partial charge in [-0.05, 0) is 19.9 Å². The Bertz CT molecular complexity index is 227. The predicted molar refractivity (Wildman–Crippen MR) is 58.6 cm³/mol. The predicted octanol–water partition coefficient (Wildman–Crippen LogP) is 4.21. The number of hydrogen-bond acceptors (Lipinski definition) is 1. The first-order valence-corrected chi connectivity index (χ1v) is 4.95. The lowest BCUT2D eigenvalue weighted by Crippen LogP contribution is -2.18. The Labute approximate surface area is 86.7 Å². The van der Waals surface area contributed by atoms with E-state index >= 15 is 0 Å². The van der Waals surface area contributed by atoms with E-state index in [0.29, 0.717) is 5.76 Å². The first-order valence-electron chi connectivity index (χ1n) is 4.95. The van der Waals surface area contributed by atoms with E-state index in [0.717, 1.165) is 0 Å². The molecule has 0 atom stereocenters. The van der Waals surface area contributed by atoms with Crippen LogP contribution in [0.4, 0.5) is 4.39 Å². The molecule has 0 amide bonds. The Balaban J connectivity index is 4.62. The van der Waals surface area contributed by atoms with Crippen molar-refractivity contribution < 1.29 is 9.13 Å². The van der Waals surface area contributed by atoms with Crippen molar-refractivity contribution >= 4 is 0 Å². The first-order chi connectivity index (χ1) is 6.22. The molecular weight excluding hydrogens is 179 g/mol. The molecule has 0 N–H and O–H groups in total. The summed E-state index contributed by atoms with van der Waals surface area (Å²) in [6.45, 7) is 10.8. The third kappa shape index (κ3) is 6.70. The third-order valence-electron chi connectivity index (χ3n) is 1.51. The lowest BCUT2D eigenvalue weighted by Gasteiger charge is -2.21. The Morgan fingerprint density at radius 2 is 1.71 bits per heavy atom. The van der Waals surface area contributed by atoms with Crippen molar-refractivity contribution in [3.8, 4) is 0 Å². The smallest absolute Gasteiger partial charge is 0.242 e. The van der Waals surface area contributed by atoms with Crippen LogP contribution in [0.15, 0.2) is 23.5 Å². The normalized spacial score (nSPS) is 13.0. The van der Waals surface area contributed by atoms with Gasteiger partial charge in [0.25, 0.3) is 0 Å². The van der Waals surface area contributed by atoms with Crippen molar-refractivity contribution in [2.24, 2.45) is 5.92 Å². The van der Waals surface area contributed by atoms with Gasteiger partial charge in [-0.2, -0.15) is 4.39 Å². The summed E-state index contributed by atoms with van der Waals surface area (Å²) in [6.07, 6.45) is 3.77. The van der Waals surface area contributed by atoms with Crippen LogP contribution in [0, 0.1) is 5.92 Å². The summed E-state index contributed by atoms with van der Waals surface area (Å²) < 4.78 is 18.4. The molecule has 0 unspecified atom stereocenters. The van der Waals surface area contributed by atoms with E-state index in [1.807, 2.05) is 39.8 Å². The first kappa shape index (κ1) is 13.2. The quantitative estimate of drug-likeness (QED) is 0.488. The molecular formula is C12H21FO. The number of rotatable bonds is 4. The summed E-state index contributed by atoms with van der Waals surface area (Å²) in [6, 6.07) is 0. The zero-order chi connectivity index (χ0) is 11.4. The maximum Gasteiger partial charge on any atom is 0.242 e. The lowest BCUT2D eigenvalue weighted by atomic mass is 10.1. The third-order valence-corrected chi connectivity index (χ3v) is 1.51. The lowest BCUT2D eigenvalue weighted by molar-refractivity contribution is -0.0866. The van der Waals surface area contributed by atoms with Gasteiger partial charge in [-0.25, -0.2) is 0 Å². The van der Waals surface area contributed by atoms with Gasteiger partial charge in [0, 0.05) is 19.8 Å². The summed E-state index contributed by atoms with van der Waals surface area (Å²) in [5.74, 6) is -0.731. The Hall–Kier alpha value is -0.790. The summed E-state index contributed by atoms with van der Waals surface area (Å²) in [7, 11) is 0. The second-order valence-electron chi connectivity index (χ2n) is 4.43. The molecule has 2 heteroatoms. The molecule has 0 saturated carbocycles. The molecule has 0 aliphatic carbocycles. The van der Waals surface area contributed by atoms with Gasteiger partial charge in [0.15, 0.2) is 0 Å². The minimum absolute atomic E-state index is 0.195. The fourth-order valence-electron chi connectivity index (χ4n) is 0.873. The fraction of sp³-hybridized carbons (Fsp3) is 0.667. The average Bonchev–Trinajstić information content (AvgIpc) is 1.94. The highest BCUT2D eigenvalue weighted by molar-refractivity contribution is 5.13. The molecule has 0 aliphatic heterocycles. The molecule has 0 radical (unpaired) electrons. The molecule has 0 bridgehead atoms. The molecule has 0 spiro atoms. The molecule has 0 aromatic carbocycles. The number of halogens is 1. The van der Waals surface area contributed by atoms with Crippen LogP contribution in [0.1, 0.15) is 41.5 Å². The molecule has 0 saturated heterocycles. The molecule has 14 heavy (non-hydrogen) atoms. The molecule has 82 valence electrons. The minimum atomic E-state index is -1.61. The van der Waals surface area contributed by atoms with Crippen LogP contribution < -0.4 is 0 Å². The van der Waals surface area contributed by atoms with Gasteiger partial charge in [-0.1, -0.05) is 25.5 Å². The van der Waals surface area contributed by atoms with Gasteiger partial charge in [-0.3, -0.25) is 0 Å². The van der Waals surface area contributed by atoms with Crippen LogP contribution >= 0.6 is 0 Å². The van der Waals surface area contributed by atoms with Gasteiger partial charge in [0.1, 0.15) is 5.76 Å². The Morgan fingerprint density at radius 3 is 2.00 bits per heavy atom. The van der Waals surface area contributed by atoms with E-state index in [2.05, 4.69) is 0 Å². The highest BCUT2D eigenvalue weighted by Crippen LogP contribution is 2.21. The number of allylic oxidation sites excluding steroid dienone is 4. The summed E-state index contributed by atoms with van der Waals surface area (Å²) in [5.41, 5.74) is 1.17. The van der Waals surface area contributed by atoms with Crippen molar-refractivity contribution in [3.63, 3.8) is 0 Å². The standard InChI is InChI=1S/C12H21FO/c1-9(2)7-8-11(10(3)4)14-12(5,6)13/h7-8,10H,1-6H3/b11-8+. The number of hydrogen-bond donors (Lipinski definition) is 0. The highest BCUT2D eigenvalue weighted by atomic mass is 19.2. The van der Waals surface area contributed by atoms with E-state index in [-0.39, 0.29) is 5.92 Å². The van der Waals surface area contributed by atoms with Crippen molar-refractivity contribution in [1.82, 2.24) is 0 Å². The average molecular weight is 200 g/mol. The van der Waals surface area contributed by atoms with Gasteiger partial charge in [0.2, 0.25) is 5.85 Å². The van der Waals surface area contributed by atoms with Gasteiger partial charge >= 0.3 is 0 Å². The van der Waals surface area contributed by atoms with Gasteiger partial charge in [-0.15, -0.1) is 0 Å². The number of alkyl halides is 1. The van der Waals surface area contributed by atoms with E-state index in [4.69, 9.17) is 4.74 Å². The maximum absolute atomic E-state index is 13.2. The molecule has 1 nitrogen and oxygen atoms in total. The monoisotopic (exact) mass is 200 g/mol. The Morgan fingerprint density at radius 1 is 1.21 bits per heavy atom. The largest absolute Gasteiger partial charge is 0.463 e. The van der Waals surface area contributed by atoms with Crippen LogP contribution in [0.2, 0.25) is 0 Å². The SMILES string of the molecule is CC(C)=C/C=C(/OC(C)(C)F)C(C)C. The topological polar surface area (TPSA) is 9.23 Å².